The van der Waals surface area contributed by atoms with Crippen molar-refractivity contribution in [2.75, 3.05) is 32.1 Å². The van der Waals surface area contributed by atoms with Crippen LogP contribution >= 0.6 is 15.9 Å². The number of sulfonamides is 1. The van der Waals surface area contributed by atoms with Gasteiger partial charge in [0.2, 0.25) is 10.0 Å². The average molecular weight is 351 g/mol. The number of hydrogen-bond donors (Lipinski definition) is 2. The number of nitrogens with one attached hydrogen (secondary N) is 1. The zero-order valence-corrected chi connectivity index (χ0v) is 12.5. The molecular formula is C11H15BrN2O4S. The second-order valence-electron chi connectivity index (χ2n) is 4.10. The molecule has 1 unspecified atom stereocenters. The van der Waals surface area contributed by atoms with E-state index in [0.29, 0.717) is 19.8 Å². The summed E-state index contributed by atoms with van der Waals surface area (Å²) in [6.07, 6.45) is -0.264. The van der Waals surface area contributed by atoms with Crippen LogP contribution in [0.4, 0.5) is 5.69 Å². The molecule has 106 valence electrons. The van der Waals surface area contributed by atoms with Crippen molar-refractivity contribution in [3.63, 3.8) is 0 Å². The molecular weight excluding hydrogens is 336 g/mol. The number of rotatable bonds is 4. The minimum absolute atomic E-state index is 0.0624. The van der Waals surface area contributed by atoms with Crippen LogP contribution in [0, 0.1) is 0 Å². The Balaban J connectivity index is 2.05. The van der Waals surface area contributed by atoms with Crippen LogP contribution in [0.25, 0.3) is 0 Å². The van der Waals surface area contributed by atoms with Crippen molar-refractivity contribution in [1.29, 1.82) is 0 Å². The molecule has 1 fully saturated rings. The molecule has 0 bridgehead atoms. The SMILES string of the molecule is Nc1cc(Br)ccc1S(=O)(=O)NCC1COCCO1. The number of anilines is 1. The van der Waals surface area contributed by atoms with Crippen molar-refractivity contribution in [3.05, 3.63) is 22.7 Å². The second kappa shape index (κ2) is 6.19. The standard InChI is InChI=1S/C11H15BrN2O4S/c12-8-1-2-11(10(13)5-8)19(15,16)14-6-9-7-17-3-4-18-9/h1-2,5,9,14H,3-4,6-7,13H2. The van der Waals surface area contributed by atoms with Gasteiger partial charge in [-0.2, -0.15) is 0 Å². The third-order valence-corrected chi connectivity index (χ3v) is 4.64. The van der Waals surface area contributed by atoms with Gasteiger partial charge in [0.1, 0.15) is 4.90 Å². The maximum Gasteiger partial charge on any atom is 0.242 e. The van der Waals surface area contributed by atoms with Crippen LogP contribution in [0.15, 0.2) is 27.6 Å². The first-order valence-electron chi connectivity index (χ1n) is 5.73. The maximum atomic E-state index is 12.1. The first-order valence-corrected chi connectivity index (χ1v) is 8.01. The number of ether oxygens (including phenoxy) is 2. The highest BCUT2D eigenvalue weighted by Crippen LogP contribution is 2.22. The highest BCUT2D eigenvalue weighted by atomic mass is 79.9. The highest BCUT2D eigenvalue weighted by molar-refractivity contribution is 9.10. The predicted octanol–water partition coefficient (Wildman–Crippen LogP) is 0.725. The summed E-state index contributed by atoms with van der Waals surface area (Å²) >= 11 is 3.23. The van der Waals surface area contributed by atoms with Gasteiger partial charge >= 0.3 is 0 Å². The van der Waals surface area contributed by atoms with E-state index in [2.05, 4.69) is 20.7 Å². The van der Waals surface area contributed by atoms with Gasteiger partial charge in [0, 0.05) is 11.0 Å². The van der Waals surface area contributed by atoms with Crippen LogP contribution in [-0.2, 0) is 19.5 Å². The molecule has 0 aliphatic carbocycles. The average Bonchev–Trinajstić information content (AvgIpc) is 2.37. The first-order chi connectivity index (χ1) is 8.99. The minimum atomic E-state index is -3.64. The summed E-state index contributed by atoms with van der Waals surface area (Å²) in [6.45, 7) is 1.58. The summed E-state index contributed by atoms with van der Waals surface area (Å²) in [5.74, 6) is 0. The van der Waals surface area contributed by atoms with E-state index in [-0.39, 0.29) is 23.2 Å². The summed E-state index contributed by atoms with van der Waals surface area (Å²) in [7, 11) is -3.64. The van der Waals surface area contributed by atoms with Crippen molar-refractivity contribution >= 4 is 31.6 Å². The lowest BCUT2D eigenvalue weighted by molar-refractivity contribution is -0.0846. The third-order valence-electron chi connectivity index (χ3n) is 2.65. The molecule has 1 atom stereocenters. The Bertz CT molecular complexity index is 544. The van der Waals surface area contributed by atoms with Gasteiger partial charge in [-0.1, -0.05) is 15.9 Å². The van der Waals surface area contributed by atoms with Gasteiger partial charge in [0.25, 0.3) is 0 Å². The summed E-state index contributed by atoms with van der Waals surface area (Å²) in [4.78, 5) is 0.0624. The van der Waals surface area contributed by atoms with E-state index in [4.69, 9.17) is 15.2 Å². The monoisotopic (exact) mass is 350 g/mol. The van der Waals surface area contributed by atoms with Crippen molar-refractivity contribution in [3.8, 4) is 0 Å². The fourth-order valence-corrected chi connectivity index (χ4v) is 3.25. The van der Waals surface area contributed by atoms with Crippen LogP contribution in [0.1, 0.15) is 0 Å². The topological polar surface area (TPSA) is 90.7 Å². The summed E-state index contributed by atoms with van der Waals surface area (Å²) < 4.78 is 38.0. The number of nitrogen functional groups attached to an aromatic ring is 1. The van der Waals surface area contributed by atoms with Crippen LogP contribution < -0.4 is 10.5 Å². The van der Waals surface area contributed by atoms with Gasteiger partial charge in [0.15, 0.2) is 0 Å². The van der Waals surface area contributed by atoms with E-state index in [1.54, 1.807) is 12.1 Å². The molecule has 19 heavy (non-hydrogen) atoms. The number of halogens is 1. The molecule has 2 rings (SSSR count). The highest BCUT2D eigenvalue weighted by Gasteiger charge is 2.21. The van der Waals surface area contributed by atoms with Crippen LogP contribution in [0.5, 0.6) is 0 Å². The Morgan fingerprint density at radius 3 is 2.84 bits per heavy atom. The molecule has 0 radical (unpaired) electrons. The summed E-state index contributed by atoms with van der Waals surface area (Å²) in [6, 6.07) is 4.64. The van der Waals surface area contributed by atoms with Crippen molar-refractivity contribution in [1.82, 2.24) is 4.72 Å². The molecule has 1 saturated heterocycles. The zero-order valence-electron chi connectivity index (χ0n) is 10.1. The molecule has 8 heteroatoms. The molecule has 3 N–H and O–H groups in total. The van der Waals surface area contributed by atoms with Gasteiger partial charge in [-0.3, -0.25) is 0 Å². The summed E-state index contributed by atoms with van der Waals surface area (Å²) in [5, 5.41) is 0. The molecule has 0 saturated carbocycles. The van der Waals surface area contributed by atoms with Gasteiger partial charge < -0.3 is 15.2 Å². The molecule has 0 spiro atoms. The van der Waals surface area contributed by atoms with Gasteiger partial charge in [-0.05, 0) is 18.2 Å². The van der Waals surface area contributed by atoms with Crippen molar-refractivity contribution in [2.24, 2.45) is 0 Å². The molecule has 0 amide bonds. The second-order valence-corrected chi connectivity index (χ2v) is 6.75. The van der Waals surface area contributed by atoms with Crippen molar-refractivity contribution in [2.45, 2.75) is 11.0 Å². The van der Waals surface area contributed by atoms with Crippen LogP contribution in [0.2, 0.25) is 0 Å². The van der Waals surface area contributed by atoms with Crippen molar-refractivity contribution < 1.29 is 17.9 Å². The smallest absolute Gasteiger partial charge is 0.242 e. The largest absolute Gasteiger partial charge is 0.398 e. The normalized spacial score (nSPS) is 20.4. The van der Waals surface area contributed by atoms with Crippen LogP contribution in [-0.4, -0.2) is 40.9 Å². The lowest BCUT2D eigenvalue weighted by Gasteiger charge is -2.23. The molecule has 1 aromatic carbocycles. The Morgan fingerprint density at radius 1 is 1.42 bits per heavy atom. The Kier molecular flexibility index (Phi) is 4.80. The quantitative estimate of drug-likeness (QED) is 0.781. The Morgan fingerprint density at radius 2 is 2.21 bits per heavy atom. The summed E-state index contributed by atoms with van der Waals surface area (Å²) in [5.41, 5.74) is 5.91. The van der Waals surface area contributed by atoms with E-state index in [9.17, 15) is 8.42 Å². The fraction of sp³-hybridized carbons (Fsp3) is 0.455. The molecule has 0 aromatic heterocycles. The molecule has 1 aromatic rings. The number of benzene rings is 1. The number of hydrogen-bond acceptors (Lipinski definition) is 5. The fourth-order valence-electron chi connectivity index (χ4n) is 1.70. The lowest BCUT2D eigenvalue weighted by atomic mass is 10.3. The van der Waals surface area contributed by atoms with Crippen LogP contribution in [0.3, 0.4) is 0 Å². The van der Waals surface area contributed by atoms with Gasteiger partial charge in [-0.15, -0.1) is 0 Å². The predicted molar refractivity (Wildman–Crippen MR) is 74.3 cm³/mol. The first kappa shape index (κ1) is 14.7. The van der Waals surface area contributed by atoms with E-state index in [0.717, 1.165) is 4.47 Å². The van der Waals surface area contributed by atoms with E-state index in [1.807, 2.05) is 0 Å². The minimum Gasteiger partial charge on any atom is -0.398 e. The van der Waals surface area contributed by atoms with E-state index >= 15 is 0 Å². The Labute approximate surface area is 120 Å². The molecule has 1 aliphatic heterocycles. The van der Waals surface area contributed by atoms with E-state index < -0.39 is 10.0 Å². The Hall–Kier alpha value is -0.670. The number of nitrogens with two attached hydrogens (primary N) is 1. The van der Waals surface area contributed by atoms with E-state index in [1.165, 1.54) is 6.07 Å². The van der Waals surface area contributed by atoms with Gasteiger partial charge in [-0.25, -0.2) is 13.1 Å². The third kappa shape index (κ3) is 3.90. The molecule has 6 nitrogen and oxygen atoms in total. The molecule has 1 heterocycles. The molecule has 1 aliphatic rings. The van der Waals surface area contributed by atoms with Gasteiger partial charge in [0.05, 0.1) is 31.6 Å². The lowest BCUT2D eigenvalue weighted by Crippen LogP contribution is -2.39. The zero-order chi connectivity index (χ0) is 13.9. The maximum absolute atomic E-state index is 12.1.